The monoisotopic (exact) mass is 487 g/mol. The molecule has 1 aromatic heterocycles. The highest BCUT2D eigenvalue weighted by Gasteiger charge is 2.16. The van der Waals surface area contributed by atoms with Crippen molar-refractivity contribution in [3.05, 3.63) is 48.0 Å². The van der Waals surface area contributed by atoms with E-state index < -0.39 is 0 Å². The van der Waals surface area contributed by atoms with Crippen LogP contribution >= 0.6 is 11.8 Å². The fourth-order valence-corrected chi connectivity index (χ4v) is 4.03. The number of carbonyl (C=O) groups is 1. The van der Waals surface area contributed by atoms with Crippen molar-refractivity contribution < 1.29 is 28.5 Å². The molecule has 0 unspecified atom stereocenters. The first-order valence-electron chi connectivity index (χ1n) is 10.7. The molecule has 34 heavy (non-hydrogen) atoms. The van der Waals surface area contributed by atoms with Crippen molar-refractivity contribution in [2.45, 2.75) is 18.1 Å². The van der Waals surface area contributed by atoms with Gasteiger partial charge in [-0.05, 0) is 48.9 Å². The fourth-order valence-electron chi connectivity index (χ4n) is 3.25. The molecule has 182 valence electrons. The summed E-state index contributed by atoms with van der Waals surface area (Å²) in [6.45, 7) is 1.82. The number of methoxy groups -OCH3 is 4. The van der Waals surface area contributed by atoms with E-state index in [9.17, 15) is 4.79 Å². The van der Waals surface area contributed by atoms with Gasteiger partial charge in [0.1, 0.15) is 5.75 Å². The molecule has 3 aromatic rings. The molecule has 0 aliphatic carbocycles. The first-order chi connectivity index (χ1) is 16.6. The maximum Gasteiger partial charge on any atom is 0.337 e. The molecule has 10 heteroatoms. The van der Waals surface area contributed by atoms with E-state index in [1.54, 1.807) is 57.4 Å². The Morgan fingerprint density at radius 2 is 1.71 bits per heavy atom. The molecule has 0 aliphatic rings. The Balaban J connectivity index is 1.68. The SMILES string of the molecule is COCCCn1c(SCCOc2ccc(C(=O)OC)cc2)nnc1-c1ccc(OC)c(OC)c1. The summed E-state index contributed by atoms with van der Waals surface area (Å²) in [5.41, 5.74) is 1.37. The third-order valence-electron chi connectivity index (χ3n) is 4.95. The smallest absolute Gasteiger partial charge is 0.337 e. The summed E-state index contributed by atoms with van der Waals surface area (Å²) in [7, 11) is 6.25. The molecule has 0 saturated heterocycles. The Hall–Kier alpha value is -3.24. The lowest BCUT2D eigenvalue weighted by atomic mass is 10.2. The number of rotatable bonds is 13. The van der Waals surface area contributed by atoms with E-state index in [0.29, 0.717) is 48.3 Å². The number of aromatic nitrogens is 3. The molecule has 2 aromatic carbocycles. The summed E-state index contributed by atoms with van der Waals surface area (Å²) in [5, 5.41) is 9.64. The van der Waals surface area contributed by atoms with Gasteiger partial charge in [0.15, 0.2) is 22.5 Å². The standard InChI is InChI=1S/C24H29N3O6S/c1-29-13-5-12-27-22(18-8-11-20(30-2)21(16-18)31-3)25-26-24(27)34-15-14-33-19-9-6-17(7-10-19)23(28)32-4/h6-11,16H,5,12-15H2,1-4H3. The number of nitrogens with zero attached hydrogens (tertiary/aromatic N) is 3. The first-order valence-corrected chi connectivity index (χ1v) is 11.7. The Morgan fingerprint density at radius 1 is 0.941 bits per heavy atom. The zero-order valence-electron chi connectivity index (χ0n) is 19.8. The second kappa shape index (κ2) is 12.9. The summed E-state index contributed by atoms with van der Waals surface area (Å²) in [6, 6.07) is 12.5. The highest BCUT2D eigenvalue weighted by molar-refractivity contribution is 7.99. The lowest BCUT2D eigenvalue weighted by Crippen LogP contribution is -2.07. The van der Waals surface area contributed by atoms with Gasteiger partial charge in [0.05, 0.1) is 33.5 Å². The molecule has 0 amide bonds. The van der Waals surface area contributed by atoms with Crippen LogP contribution in [0.2, 0.25) is 0 Å². The Kier molecular flexibility index (Phi) is 9.60. The predicted octanol–water partition coefficient (Wildman–Crippen LogP) is 3.96. The van der Waals surface area contributed by atoms with Crippen molar-refractivity contribution in [1.29, 1.82) is 0 Å². The molecular formula is C24H29N3O6S. The lowest BCUT2D eigenvalue weighted by molar-refractivity contribution is 0.0600. The van der Waals surface area contributed by atoms with E-state index in [0.717, 1.165) is 23.0 Å². The molecule has 0 saturated carbocycles. The van der Waals surface area contributed by atoms with Crippen LogP contribution in [0.1, 0.15) is 16.8 Å². The summed E-state index contributed by atoms with van der Waals surface area (Å²) < 4.78 is 28.6. The quantitative estimate of drug-likeness (QED) is 0.202. The molecule has 0 aliphatic heterocycles. The van der Waals surface area contributed by atoms with Gasteiger partial charge in [-0.1, -0.05) is 11.8 Å². The number of thioether (sulfide) groups is 1. The Bertz CT molecular complexity index is 1070. The largest absolute Gasteiger partial charge is 0.493 e. The molecule has 0 N–H and O–H groups in total. The zero-order valence-corrected chi connectivity index (χ0v) is 20.6. The summed E-state index contributed by atoms with van der Waals surface area (Å²) in [4.78, 5) is 11.5. The molecule has 0 radical (unpaired) electrons. The number of benzene rings is 2. The topological polar surface area (TPSA) is 93.9 Å². The van der Waals surface area contributed by atoms with E-state index >= 15 is 0 Å². The third-order valence-corrected chi connectivity index (χ3v) is 5.88. The highest BCUT2D eigenvalue weighted by Crippen LogP contribution is 2.33. The number of hydrogen-bond acceptors (Lipinski definition) is 9. The number of carbonyl (C=O) groups excluding carboxylic acids is 1. The summed E-state index contributed by atoms with van der Waals surface area (Å²) in [6.07, 6.45) is 0.825. The van der Waals surface area contributed by atoms with Gasteiger partial charge in [0, 0.05) is 31.6 Å². The van der Waals surface area contributed by atoms with Crippen LogP contribution in [0.5, 0.6) is 17.2 Å². The minimum absolute atomic E-state index is 0.375. The fraction of sp³-hybridized carbons (Fsp3) is 0.375. The predicted molar refractivity (Wildman–Crippen MR) is 129 cm³/mol. The van der Waals surface area contributed by atoms with Crippen molar-refractivity contribution in [2.24, 2.45) is 0 Å². The van der Waals surface area contributed by atoms with Crippen LogP contribution in [-0.4, -0.2) is 68.1 Å². The number of ether oxygens (including phenoxy) is 5. The Labute approximate surface area is 203 Å². The van der Waals surface area contributed by atoms with E-state index in [1.807, 2.05) is 18.2 Å². The second-order valence-corrected chi connectivity index (χ2v) is 8.15. The molecule has 0 bridgehead atoms. The van der Waals surface area contributed by atoms with Crippen LogP contribution in [0, 0.1) is 0 Å². The number of hydrogen-bond donors (Lipinski definition) is 0. The second-order valence-electron chi connectivity index (χ2n) is 7.09. The van der Waals surface area contributed by atoms with E-state index in [2.05, 4.69) is 14.8 Å². The van der Waals surface area contributed by atoms with Gasteiger partial charge in [-0.15, -0.1) is 10.2 Å². The van der Waals surface area contributed by atoms with Gasteiger partial charge in [-0.3, -0.25) is 0 Å². The molecular weight excluding hydrogens is 458 g/mol. The molecule has 1 heterocycles. The molecule has 0 fully saturated rings. The van der Waals surface area contributed by atoms with Crippen LogP contribution in [-0.2, 0) is 16.0 Å². The molecule has 0 spiro atoms. The van der Waals surface area contributed by atoms with Gasteiger partial charge in [-0.2, -0.15) is 0 Å². The maximum absolute atomic E-state index is 11.5. The van der Waals surface area contributed by atoms with E-state index in [-0.39, 0.29) is 5.97 Å². The van der Waals surface area contributed by atoms with Crippen LogP contribution in [0.3, 0.4) is 0 Å². The van der Waals surface area contributed by atoms with Gasteiger partial charge >= 0.3 is 5.97 Å². The average Bonchev–Trinajstić information content (AvgIpc) is 3.28. The normalized spacial score (nSPS) is 10.7. The van der Waals surface area contributed by atoms with Gasteiger partial charge < -0.3 is 28.3 Å². The molecule has 9 nitrogen and oxygen atoms in total. The van der Waals surface area contributed by atoms with Crippen molar-refractivity contribution in [3.63, 3.8) is 0 Å². The van der Waals surface area contributed by atoms with Crippen LogP contribution in [0.15, 0.2) is 47.6 Å². The molecule has 3 rings (SSSR count). The van der Waals surface area contributed by atoms with Gasteiger partial charge in [0.25, 0.3) is 0 Å². The minimum atomic E-state index is -0.375. The van der Waals surface area contributed by atoms with Crippen molar-refractivity contribution in [3.8, 4) is 28.6 Å². The van der Waals surface area contributed by atoms with Gasteiger partial charge in [-0.25, -0.2) is 4.79 Å². The third kappa shape index (κ3) is 6.42. The van der Waals surface area contributed by atoms with Crippen molar-refractivity contribution in [1.82, 2.24) is 14.8 Å². The Morgan fingerprint density at radius 3 is 2.38 bits per heavy atom. The first kappa shape index (κ1) is 25.4. The average molecular weight is 488 g/mol. The minimum Gasteiger partial charge on any atom is -0.493 e. The van der Waals surface area contributed by atoms with Crippen LogP contribution in [0.4, 0.5) is 0 Å². The molecule has 0 atom stereocenters. The maximum atomic E-state index is 11.5. The summed E-state index contributed by atoms with van der Waals surface area (Å²) >= 11 is 1.56. The number of esters is 1. The zero-order chi connectivity index (χ0) is 24.3. The summed E-state index contributed by atoms with van der Waals surface area (Å²) in [5.74, 6) is 3.02. The lowest BCUT2D eigenvalue weighted by Gasteiger charge is -2.12. The van der Waals surface area contributed by atoms with Crippen molar-refractivity contribution in [2.75, 3.05) is 47.4 Å². The van der Waals surface area contributed by atoms with Crippen molar-refractivity contribution >= 4 is 17.7 Å². The van der Waals surface area contributed by atoms with E-state index in [4.69, 9.17) is 23.7 Å². The van der Waals surface area contributed by atoms with Gasteiger partial charge in [0.2, 0.25) is 0 Å². The van der Waals surface area contributed by atoms with Crippen LogP contribution < -0.4 is 14.2 Å². The van der Waals surface area contributed by atoms with Crippen LogP contribution in [0.25, 0.3) is 11.4 Å². The highest BCUT2D eigenvalue weighted by atomic mass is 32.2. The van der Waals surface area contributed by atoms with E-state index in [1.165, 1.54) is 7.11 Å².